The van der Waals surface area contributed by atoms with Crippen LogP contribution in [0, 0.1) is 0 Å². The summed E-state index contributed by atoms with van der Waals surface area (Å²) in [6, 6.07) is 17.2. The highest BCUT2D eigenvalue weighted by molar-refractivity contribution is 5.70. The van der Waals surface area contributed by atoms with Gasteiger partial charge in [-0.05, 0) is 78.3 Å². The van der Waals surface area contributed by atoms with Gasteiger partial charge in [-0.1, -0.05) is 24.3 Å². The Kier molecular flexibility index (Phi) is 7.13. The maximum absolute atomic E-state index is 9.63. The Morgan fingerprint density at radius 1 is 1.09 bits per heavy atom. The van der Waals surface area contributed by atoms with Crippen molar-refractivity contribution in [2.24, 2.45) is 0 Å². The van der Waals surface area contributed by atoms with Crippen molar-refractivity contribution >= 4 is 22.6 Å². The molecule has 0 amide bonds. The van der Waals surface area contributed by atoms with Gasteiger partial charge in [0.05, 0.1) is 25.1 Å². The van der Waals surface area contributed by atoms with Crippen molar-refractivity contribution in [1.82, 2.24) is 4.98 Å². The molecule has 0 unspecified atom stereocenters. The third-order valence-electron chi connectivity index (χ3n) is 7.21. The number of aliphatic hydroxyl groups excluding tert-OH is 1. The van der Waals surface area contributed by atoms with Crippen molar-refractivity contribution in [1.29, 1.82) is 0 Å². The lowest BCUT2D eigenvalue weighted by Gasteiger charge is -2.29. The third kappa shape index (κ3) is 5.25. The fourth-order valence-corrected chi connectivity index (χ4v) is 5.17. The van der Waals surface area contributed by atoms with E-state index in [0.29, 0.717) is 23.8 Å². The number of nitrogens with one attached hydrogen (secondary N) is 1. The molecule has 35 heavy (non-hydrogen) atoms. The first-order chi connectivity index (χ1) is 17.1. The Morgan fingerprint density at radius 3 is 2.69 bits per heavy atom. The summed E-state index contributed by atoms with van der Waals surface area (Å²) >= 11 is 0. The minimum Gasteiger partial charge on any atom is -0.383 e. The molecule has 0 radical (unpaired) electrons. The maximum Gasteiger partial charge on any atom is 0.180 e. The highest BCUT2D eigenvalue weighted by Crippen LogP contribution is 2.36. The number of aromatic nitrogens is 1. The summed E-state index contributed by atoms with van der Waals surface area (Å²) in [5.41, 5.74) is 8.89. The van der Waals surface area contributed by atoms with E-state index >= 15 is 0 Å². The second kappa shape index (κ2) is 10.6. The Hall–Kier alpha value is -3.19. The number of aliphatic hydroxyl groups is 2. The van der Waals surface area contributed by atoms with Gasteiger partial charge in [0.2, 0.25) is 0 Å². The molecule has 1 aromatic heterocycles. The molecule has 5 rings (SSSR count). The second-order valence-corrected chi connectivity index (χ2v) is 9.35. The summed E-state index contributed by atoms with van der Waals surface area (Å²) in [7, 11) is 2.12. The lowest BCUT2D eigenvalue weighted by Crippen LogP contribution is -2.20. The molecule has 0 fully saturated rings. The molecule has 2 aromatic carbocycles. The quantitative estimate of drug-likeness (QED) is 0.413. The van der Waals surface area contributed by atoms with Gasteiger partial charge < -0.3 is 25.2 Å². The Labute approximate surface area is 206 Å². The molecule has 1 aliphatic heterocycles. The van der Waals surface area contributed by atoms with Gasteiger partial charge >= 0.3 is 0 Å². The molecule has 3 N–H and O–H groups in total. The molecule has 0 saturated heterocycles. The summed E-state index contributed by atoms with van der Waals surface area (Å²) in [5, 5.41) is 22.7. The number of anilines is 3. The van der Waals surface area contributed by atoms with Crippen LogP contribution in [0.25, 0.3) is 5.57 Å². The average molecular weight is 472 g/mol. The normalized spacial score (nSPS) is 17.6. The van der Waals surface area contributed by atoms with E-state index in [-0.39, 0.29) is 0 Å². The number of rotatable bonds is 7. The molecule has 3 aromatic rings. The standard InChI is InChI=1S/C29H33N3O3/c1-32(24-7-5-20(6-8-24)21-12-15-35-16-13-21)25-9-10-26-22(17-25)3-2-4-23(26)18-31-28-19-30-14-11-27(28)29(33)34/h5-12,14,17,19,23,29,31,33-34H,2-4,13,15-16,18H2,1H3/t23-/m0/s1. The molecule has 6 nitrogen and oxygen atoms in total. The van der Waals surface area contributed by atoms with Gasteiger partial charge in [0.15, 0.2) is 6.29 Å². The molecule has 2 heterocycles. The minimum atomic E-state index is -1.51. The van der Waals surface area contributed by atoms with Crippen LogP contribution >= 0.6 is 0 Å². The van der Waals surface area contributed by atoms with E-state index in [1.54, 1.807) is 18.5 Å². The summed E-state index contributed by atoms with van der Waals surface area (Å²) < 4.78 is 5.43. The van der Waals surface area contributed by atoms with Crippen LogP contribution in [0.5, 0.6) is 0 Å². The van der Waals surface area contributed by atoms with Crippen molar-refractivity contribution < 1.29 is 14.9 Å². The van der Waals surface area contributed by atoms with Crippen LogP contribution in [-0.2, 0) is 11.2 Å². The molecule has 1 atom stereocenters. The van der Waals surface area contributed by atoms with Crippen LogP contribution in [0.3, 0.4) is 0 Å². The first kappa shape index (κ1) is 23.5. The van der Waals surface area contributed by atoms with Crippen LogP contribution in [0.4, 0.5) is 17.1 Å². The first-order valence-corrected chi connectivity index (χ1v) is 12.4. The number of hydrogen-bond acceptors (Lipinski definition) is 6. The lowest BCUT2D eigenvalue weighted by molar-refractivity contribution is -0.0419. The summed E-state index contributed by atoms with van der Waals surface area (Å²) in [6.45, 7) is 2.23. The van der Waals surface area contributed by atoms with Gasteiger partial charge in [0, 0.05) is 42.6 Å². The van der Waals surface area contributed by atoms with E-state index in [2.05, 4.69) is 70.8 Å². The molecule has 2 aliphatic rings. The smallest absolute Gasteiger partial charge is 0.180 e. The number of benzene rings is 2. The van der Waals surface area contributed by atoms with Crippen molar-refractivity contribution in [3.63, 3.8) is 0 Å². The summed E-state index contributed by atoms with van der Waals surface area (Å²) in [6.07, 6.45) is 8.19. The fraction of sp³-hybridized carbons (Fsp3) is 0.345. The van der Waals surface area contributed by atoms with Gasteiger partial charge in [-0.2, -0.15) is 0 Å². The lowest BCUT2D eigenvalue weighted by atomic mass is 9.82. The monoisotopic (exact) mass is 471 g/mol. The van der Waals surface area contributed by atoms with Crippen LogP contribution in [-0.4, -0.2) is 42.0 Å². The zero-order valence-corrected chi connectivity index (χ0v) is 20.2. The minimum absolute atomic E-state index is 0.369. The topological polar surface area (TPSA) is 77.9 Å². The number of hydrogen-bond donors (Lipinski definition) is 3. The van der Waals surface area contributed by atoms with Crippen LogP contribution in [0.1, 0.15) is 53.7 Å². The van der Waals surface area contributed by atoms with Gasteiger partial charge in [0.25, 0.3) is 0 Å². The fourth-order valence-electron chi connectivity index (χ4n) is 5.17. The van der Waals surface area contributed by atoms with Crippen molar-refractivity contribution in [2.45, 2.75) is 37.9 Å². The number of aryl methyl sites for hydroxylation is 1. The van der Waals surface area contributed by atoms with E-state index in [9.17, 15) is 10.2 Å². The van der Waals surface area contributed by atoms with E-state index in [1.807, 2.05) is 0 Å². The van der Waals surface area contributed by atoms with Crippen LogP contribution in [0.15, 0.2) is 67.0 Å². The third-order valence-corrected chi connectivity index (χ3v) is 7.21. The molecule has 0 saturated carbocycles. The van der Waals surface area contributed by atoms with Crippen molar-refractivity contribution in [2.75, 3.05) is 37.0 Å². The average Bonchev–Trinajstić information content (AvgIpc) is 2.92. The number of ether oxygens (including phenoxy) is 1. The zero-order chi connectivity index (χ0) is 24.2. The number of fused-ring (bicyclic) bond motifs is 1. The van der Waals surface area contributed by atoms with Crippen molar-refractivity contribution in [3.8, 4) is 0 Å². The predicted octanol–water partition coefficient (Wildman–Crippen LogP) is 5.17. The van der Waals surface area contributed by atoms with Gasteiger partial charge in [-0.25, -0.2) is 0 Å². The second-order valence-electron chi connectivity index (χ2n) is 9.35. The number of pyridine rings is 1. The maximum atomic E-state index is 9.63. The predicted molar refractivity (Wildman–Crippen MR) is 140 cm³/mol. The molecule has 182 valence electrons. The first-order valence-electron chi connectivity index (χ1n) is 12.4. The van der Waals surface area contributed by atoms with E-state index < -0.39 is 6.29 Å². The molecule has 0 spiro atoms. The Bertz CT molecular complexity index is 1190. The SMILES string of the molecule is CN(c1ccc(C2=CCOCC2)cc1)c1ccc2c(c1)CCC[C@H]2CNc1cnccc1C(O)O. The zero-order valence-electron chi connectivity index (χ0n) is 20.2. The largest absolute Gasteiger partial charge is 0.383 e. The van der Waals surface area contributed by atoms with Gasteiger partial charge in [-0.15, -0.1) is 0 Å². The van der Waals surface area contributed by atoms with E-state index in [4.69, 9.17) is 4.74 Å². The molecular formula is C29H33N3O3. The molecule has 1 aliphatic carbocycles. The highest BCUT2D eigenvalue weighted by Gasteiger charge is 2.22. The van der Waals surface area contributed by atoms with Crippen molar-refractivity contribution in [3.05, 3.63) is 89.3 Å². The molecule has 6 heteroatoms. The highest BCUT2D eigenvalue weighted by atomic mass is 16.5. The van der Waals surface area contributed by atoms with Crippen LogP contribution < -0.4 is 10.2 Å². The van der Waals surface area contributed by atoms with E-state index in [1.165, 1.54) is 33.6 Å². The molecular weight excluding hydrogens is 438 g/mol. The van der Waals surface area contributed by atoms with Crippen LogP contribution in [0.2, 0.25) is 0 Å². The Balaban J connectivity index is 1.30. The van der Waals surface area contributed by atoms with E-state index in [0.717, 1.165) is 38.8 Å². The summed E-state index contributed by atoms with van der Waals surface area (Å²) in [4.78, 5) is 6.37. The number of nitrogens with zero attached hydrogens (tertiary/aromatic N) is 2. The van der Waals surface area contributed by atoms with Gasteiger partial charge in [-0.3, -0.25) is 4.98 Å². The molecule has 0 bridgehead atoms. The van der Waals surface area contributed by atoms with Gasteiger partial charge in [0.1, 0.15) is 0 Å². The summed E-state index contributed by atoms with van der Waals surface area (Å²) in [5.74, 6) is 0.369. The Morgan fingerprint density at radius 2 is 1.91 bits per heavy atom.